The van der Waals surface area contributed by atoms with Gasteiger partial charge in [-0.15, -0.1) is 11.3 Å². The van der Waals surface area contributed by atoms with Gasteiger partial charge in [0.15, 0.2) is 15.7 Å². The molecule has 9 heteroatoms. The van der Waals surface area contributed by atoms with Crippen LogP contribution in [0.4, 0.5) is 0 Å². The predicted molar refractivity (Wildman–Crippen MR) is 97.3 cm³/mol. The van der Waals surface area contributed by atoms with Crippen molar-refractivity contribution < 1.29 is 8.42 Å². The van der Waals surface area contributed by atoms with Crippen LogP contribution in [0.2, 0.25) is 0 Å². The lowest BCUT2D eigenvalue weighted by Gasteiger charge is -2.05. The molecule has 3 aromatic rings. The first kappa shape index (κ1) is 17.7. The summed E-state index contributed by atoms with van der Waals surface area (Å²) in [6.07, 6.45) is 2.30. The van der Waals surface area contributed by atoms with Gasteiger partial charge in [-0.25, -0.2) is 18.4 Å². The Kier molecular flexibility index (Phi) is 4.98. The Bertz CT molecular complexity index is 992. The highest BCUT2D eigenvalue weighted by molar-refractivity contribution is 7.90. The highest BCUT2D eigenvalue weighted by Crippen LogP contribution is 2.28. The predicted octanol–water partition coefficient (Wildman–Crippen LogP) is 1.73. The topological polar surface area (TPSA) is 115 Å². The minimum atomic E-state index is -3.29. The summed E-state index contributed by atoms with van der Waals surface area (Å²) in [5.41, 5.74) is 7.14. The normalized spacial score (nSPS) is 11.8. The van der Waals surface area contributed by atoms with E-state index in [1.165, 1.54) is 17.6 Å². The Balaban J connectivity index is 1.89. The van der Waals surface area contributed by atoms with Crippen LogP contribution in [0.15, 0.2) is 29.2 Å². The van der Waals surface area contributed by atoms with Crippen LogP contribution in [-0.4, -0.2) is 41.4 Å². The molecule has 3 rings (SSSR count). The number of nitrogens with zero attached hydrogens (tertiary/aromatic N) is 3. The number of hydrogen-bond acceptors (Lipinski definition) is 7. The molecule has 1 aromatic carbocycles. The third-order valence-corrected chi connectivity index (χ3v) is 6.07. The zero-order chi connectivity index (χ0) is 18.0. The van der Waals surface area contributed by atoms with Crippen LogP contribution in [0.3, 0.4) is 0 Å². The molecule has 0 aliphatic heterocycles. The van der Waals surface area contributed by atoms with Crippen LogP contribution < -0.4 is 5.73 Å². The molecular weight excluding hydrogens is 358 g/mol. The first-order valence-corrected chi connectivity index (χ1v) is 10.4. The number of H-pyrrole nitrogens is 1. The molecule has 0 spiro atoms. The second-order valence-corrected chi connectivity index (χ2v) is 8.79. The highest BCUT2D eigenvalue weighted by Gasteiger charge is 2.17. The summed E-state index contributed by atoms with van der Waals surface area (Å²) in [5.74, 6) is 1.18. The van der Waals surface area contributed by atoms with Crippen LogP contribution in [0.25, 0.3) is 10.7 Å². The molecule has 0 aliphatic carbocycles. The van der Waals surface area contributed by atoms with Crippen molar-refractivity contribution in [2.45, 2.75) is 24.7 Å². The molecule has 0 bridgehead atoms. The second-order valence-electron chi connectivity index (χ2n) is 5.72. The summed E-state index contributed by atoms with van der Waals surface area (Å²) in [5, 5.41) is 8.12. The summed E-state index contributed by atoms with van der Waals surface area (Å²) < 4.78 is 23.8. The highest BCUT2D eigenvalue weighted by atomic mass is 32.2. The van der Waals surface area contributed by atoms with E-state index in [0.717, 1.165) is 22.0 Å². The summed E-state index contributed by atoms with van der Waals surface area (Å²) in [7, 11) is -3.29. The fraction of sp³-hybridized carbons (Fsp3) is 0.312. The Morgan fingerprint density at radius 3 is 2.72 bits per heavy atom. The van der Waals surface area contributed by atoms with Gasteiger partial charge in [-0.1, -0.05) is 18.2 Å². The summed E-state index contributed by atoms with van der Waals surface area (Å²) >= 11 is 1.53. The Labute approximate surface area is 150 Å². The molecule has 0 amide bonds. The molecule has 25 heavy (non-hydrogen) atoms. The third-order valence-electron chi connectivity index (χ3n) is 3.66. The number of sulfone groups is 1. The lowest BCUT2D eigenvalue weighted by atomic mass is 10.1. The summed E-state index contributed by atoms with van der Waals surface area (Å²) in [6.45, 7) is 2.47. The van der Waals surface area contributed by atoms with Crippen LogP contribution in [0.1, 0.15) is 22.1 Å². The molecule has 0 atom stereocenters. The zero-order valence-corrected chi connectivity index (χ0v) is 15.6. The van der Waals surface area contributed by atoms with Gasteiger partial charge in [0.1, 0.15) is 5.82 Å². The molecule has 132 valence electrons. The Morgan fingerprint density at radius 1 is 1.24 bits per heavy atom. The lowest BCUT2D eigenvalue weighted by molar-refractivity contribution is 0.601. The van der Waals surface area contributed by atoms with Crippen molar-refractivity contribution in [1.29, 1.82) is 0 Å². The van der Waals surface area contributed by atoms with Crippen LogP contribution in [0.5, 0.6) is 0 Å². The van der Waals surface area contributed by atoms with E-state index in [0.29, 0.717) is 35.1 Å². The molecule has 0 aliphatic rings. The molecular formula is C16H19N5O2S2. The number of thiazole rings is 1. The Morgan fingerprint density at radius 2 is 2.00 bits per heavy atom. The van der Waals surface area contributed by atoms with Gasteiger partial charge in [-0.3, -0.25) is 5.10 Å². The average Bonchev–Trinajstić information content (AvgIpc) is 3.14. The zero-order valence-electron chi connectivity index (χ0n) is 14.0. The van der Waals surface area contributed by atoms with Crippen LogP contribution >= 0.6 is 11.3 Å². The molecule has 0 radical (unpaired) electrons. The van der Waals surface area contributed by atoms with E-state index in [9.17, 15) is 8.42 Å². The van der Waals surface area contributed by atoms with E-state index >= 15 is 0 Å². The molecule has 0 saturated carbocycles. The van der Waals surface area contributed by atoms with Crippen LogP contribution in [0, 0.1) is 6.92 Å². The van der Waals surface area contributed by atoms with Crippen molar-refractivity contribution in [2.24, 2.45) is 5.73 Å². The number of nitrogens with two attached hydrogens (primary N) is 1. The van der Waals surface area contributed by atoms with Gasteiger partial charge in [0.2, 0.25) is 0 Å². The van der Waals surface area contributed by atoms with Crippen LogP contribution in [-0.2, 0) is 22.7 Å². The van der Waals surface area contributed by atoms with E-state index < -0.39 is 9.84 Å². The van der Waals surface area contributed by atoms with Crippen molar-refractivity contribution in [1.82, 2.24) is 20.2 Å². The van der Waals surface area contributed by atoms with Gasteiger partial charge >= 0.3 is 0 Å². The van der Waals surface area contributed by atoms with Gasteiger partial charge in [0.05, 0.1) is 20.5 Å². The number of aromatic nitrogens is 4. The standard InChI is InChI=1S/C16H19N5O2S2/c1-10-15(24-14(18-10)7-8-17)16-19-13(20-21-16)9-11-5-3-4-6-12(11)25(2,22)23/h3-6H,7-9,17H2,1-2H3,(H,19,20,21). The van der Waals surface area contributed by atoms with E-state index in [1.807, 2.05) is 13.0 Å². The summed E-state index contributed by atoms with van der Waals surface area (Å²) in [6, 6.07) is 6.92. The average molecular weight is 377 g/mol. The molecule has 7 nitrogen and oxygen atoms in total. The van der Waals surface area contributed by atoms with E-state index in [2.05, 4.69) is 20.2 Å². The molecule has 2 heterocycles. The number of rotatable bonds is 6. The largest absolute Gasteiger partial charge is 0.330 e. The smallest absolute Gasteiger partial charge is 0.193 e. The second kappa shape index (κ2) is 7.03. The van der Waals surface area contributed by atoms with E-state index in [1.54, 1.807) is 18.2 Å². The first-order chi connectivity index (χ1) is 11.9. The third kappa shape index (κ3) is 3.94. The number of benzene rings is 1. The summed E-state index contributed by atoms with van der Waals surface area (Å²) in [4.78, 5) is 10.2. The van der Waals surface area contributed by atoms with Gasteiger partial charge in [-0.2, -0.15) is 5.10 Å². The van der Waals surface area contributed by atoms with Crippen molar-refractivity contribution in [3.63, 3.8) is 0 Å². The van der Waals surface area contributed by atoms with Gasteiger partial charge < -0.3 is 5.73 Å². The van der Waals surface area contributed by atoms with E-state index in [4.69, 9.17) is 5.73 Å². The maximum atomic E-state index is 11.9. The first-order valence-electron chi connectivity index (χ1n) is 7.74. The number of aryl methyl sites for hydroxylation is 1. The molecule has 2 aromatic heterocycles. The number of hydrogen-bond donors (Lipinski definition) is 2. The van der Waals surface area contributed by atoms with Gasteiger partial charge in [-0.05, 0) is 25.1 Å². The molecule has 0 unspecified atom stereocenters. The maximum absolute atomic E-state index is 11.9. The van der Waals surface area contributed by atoms with Crippen molar-refractivity contribution in [3.05, 3.63) is 46.4 Å². The SMILES string of the molecule is Cc1nc(CCN)sc1-c1n[nH]c(Cc2ccccc2S(C)(=O)=O)n1. The minimum absolute atomic E-state index is 0.312. The molecule has 0 fully saturated rings. The van der Waals surface area contributed by atoms with Gasteiger partial charge in [0.25, 0.3) is 0 Å². The van der Waals surface area contributed by atoms with Crippen molar-refractivity contribution in [3.8, 4) is 10.7 Å². The Hall–Kier alpha value is -2.10. The fourth-order valence-corrected chi connectivity index (χ4v) is 4.51. The van der Waals surface area contributed by atoms with Crippen molar-refractivity contribution >= 4 is 21.2 Å². The molecule has 3 N–H and O–H groups in total. The number of nitrogens with one attached hydrogen (secondary N) is 1. The monoisotopic (exact) mass is 377 g/mol. The lowest BCUT2D eigenvalue weighted by Crippen LogP contribution is -2.03. The van der Waals surface area contributed by atoms with E-state index in [-0.39, 0.29) is 0 Å². The van der Waals surface area contributed by atoms with Gasteiger partial charge in [0, 0.05) is 19.1 Å². The fourth-order valence-electron chi connectivity index (χ4n) is 2.56. The minimum Gasteiger partial charge on any atom is -0.330 e. The number of aromatic amines is 1. The van der Waals surface area contributed by atoms with Crippen molar-refractivity contribution in [2.75, 3.05) is 12.8 Å². The molecule has 0 saturated heterocycles. The maximum Gasteiger partial charge on any atom is 0.193 e. The quantitative estimate of drug-likeness (QED) is 0.676.